The summed E-state index contributed by atoms with van der Waals surface area (Å²) < 4.78 is 10.6. The topological polar surface area (TPSA) is 78.7 Å². The minimum absolute atomic E-state index is 0.0345. The van der Waals surface area contributed by atoms with Crippen LogP contribution in [0, 0.1) is 10.1 Å². The van der Waals surface area contributed by atoms with Crippen LogP contribution in [0.5, 0.6) is 5.75 Å². The third-order valence-corrected chi connectivity index (χ3v) is 2.51. The maximum Gasteiger partial charge on any atom is 0.306 e. The summed E-state index contributed by atoms with van der Waals surface area (Å²) in [5.41, 5.74) is -0.418. The first-order chi connectivity index (χ1) is 9.78. The molecule has 116 valence electrons. The molecule has 0 aliphatic rings. The van der Waals surface area contributed by atoms with Gasteiger partial charge in [0.2, 0.25) is 0 Å². The molecule has 1 rings (SSSR count). The first kappa shape index (κ1) is 16.9. The summed E-state index contributed by atoms with van der Waals surface area (Å²) in [6.45, 7) is 5.97. The summed E-state index contributed by atoms with van der Waals surface area (Å²) in [4.78, 5) is 21.5. The number of rotatable bonds is 7. The average Bonchev–Trinajstić information content (AvgIpc) is 2.36. The van der Waals surface area contributed by atoms with Crippen molar-refractivity contribution in [2.75, 3.05) is 6.61 Å². The lowest BCUT2D eigenvalue weighted by molar-refractivity contribution is -0.384. The van der Waals surface area contributed by atoms with Crippen molar-refractivity contribution in [1.29, 1.82) is 0 Å². The van der Waals surface area contributed by atoms with Gasteiger partial charge in [-0.25, -0.2) is 0 Å². The van der Waals surface area contributed by atoms with Crippen molar-refractivity contribution in [2.45, 2.75) is 45.6 Å². The highest BCUT2D eigenvalue weighted by molar-refractivity contribution is 5.69. The Morgan fingerprint density at radius 3 is 2.33 bits per heavy atom. The van der Waals surface area contributed by atoms with Gasteiger partial charge in [0.05, 0.1) is 11.5 Å². The molecule has 0 aliphatic heterocycles. The van der Waals surface area contributed by atoms with E-state index in [0.29, 0.717) is 25.2 Å². The van der Waals surface area contributed by atoms with E-state index in [0.717, 1.165) is 6.42 Å². The predicted octanol–water partition coefficient (Wildman–Crippen LogP) is 3.49. The van der Waals surface area contributed by atoms with E-state index in [4.69, 9.17) is 9.47 Å². The zero-order valence-corrected chi connectivity index (χ0v) is 12.6. The van der Waals surface area contributed by atoms with Crippen molar-refractivity contribution < 1.29 is 19.2 Å². The largest absolute Gasteiger partial charge is 0.494 e. The minimum Gasteiger partial charge on any atom is -0.494 e. The molecule has 0 atom stereocenters. The van der Waals surface area contributed by atoms with Crippen LogP contribution in [0.25, 0.3) is 0 Å². The van der Waals surface area contributed by atoms with Gasteiger partial charge in [-0.05, 0) is 45.7 Å². The number of hydrogen-bond donors (Lipinski definition) is 0. The van der Waals surface area contributed by atoms with E-state index in [9.17, 15) is 14.9 Å². The molecule has 0 spiro atoms. The molecule has 0 N–H and O–H groups in total. The van der Waals surface area contributed by atoms with Gasteiger partial charge < -0.3 is 9.47 Å². The third kappa shape index (κ3) is 7.29. The molecule has 6 nitrogen and oxygen atoms in total. The number of nitrogens with zero attached hydrogens (tertiary/aromatic N) is 1. The lowest BCUT2D eigenvalue weighted by atomic mass is 10.2. The molecular weight excluding hydrogens is 274 g/mol. The fourth-order valence-electron chi connectivity index (χ4n) is 1.62. The van der Waals surface area contributed by atoms with Crippen molar-refractivity contribution in [3.05, 3.63) is 34.4 Å². The van der Waals surface area contributed by atoms with E-state index in [2.05, 4.69) is 0 Å². The molecule has 0 aliphatic carbocycles. The van der Waals surface area contributed by atoms with Crippen molar-refractivity contribution >= 4 is 11.7 Å². The molecule has 1 aromatic carbocycles. The van der Waals surface area contributed by atoms with Crippen molar-refractivity contribution in [3.8, 4) is 5.75 Å². The number of esters is 1. The molecule has 0 heterocycles. The molecule has 0 unspecified atom stereocenters. The maximum absolute atomic E-state index is 11.5. The van der Waals surface area contributed by atoms with Crippen molar-refractivity contribution in [1.82, 2.24) is 0 Å². The van der Waals surface area contributed by atoms with Gasteiger partial charge >= 0.3 is 5.97 Å². The zero-order valence-electron chi connectivity index (χ0n) is 12.6. The molecule has 0 saturated carbocycles. The first-order valence-corrected chi connectivity index (χ1v) is 6.87. The van der Waals surface area contributed by atoms with Gasteiger partial charge in [-0.3, -0.25) is 14.9 Å². The number of benzene rings is 1. The quantitative estimate of drug-likeness (QED) is 0.333. The predicted molar refractivity (Wildman–Crippen MR) is 78.3 cm³/mol. The Hall–Kier alpha value is -2.11. The number of hydrogen-bond acceptors (Lipinski definition) is 5. The highest BCUT2D eigenvalue weighted by Gasteiger charge is 2.15. The number of ether oxygens (including phenoxy) is 2. The second-order valence-corrected chi connectivity index (χ2v) is 5.64. The second kappa shape index (κ2) is 7.61. The Labute approximate surface area is 124 Å². The molecule has 6 heteroatoms. The number of nitro benzene ring substituents is 1. The van der Waals surface area contributed by atoms with Gasteiger partial charge in [0.25, 0.3) is 5.69 Å². The van der Waals surface area contributed by atoms with Crippen LogP contribution in [0.2, 0.25) is 0 Å². The average molecular weight is 295 g/mol. The molecule has 0 radical (unpaired) electrons. The normalized spacial score (nSPS) is 11.0. The monoisotopic (exact) mass is 295 g/mol. The van der Waals surface area contributed by atoms with Gasteiger partial charge in [-0.1, -0.05) is 0 Å². The van der Waals surface area contributed by atoms with E-state index in [1.54, 1.807) is 12.1 Å². The van der Waals surface area contributed by atoms with Crippen molar-refractivity contribution in [3.63, 3.8) is 0 Å². The first-order valence-electron chi connectivity index (χ1n) is 6.87. The number of carbonyl (C=O) groups is 1. The fraction of sp³-hybridized carbons (Fsp3) is 0.533. The van der Waals surface area contributed by atoms with Gasteiger partial charge in [0.15, 0.2) is 0 Å². The van der Waals surface area contributed by atoms with E-state index in [1.165, 1.54) is 12.1 Å². The van der Waals surface area contributed by atoms with E-state index >= 15 is 0 Å². The lowest BCUT2D eigenvalue weighted by Crippen LogP contribution is -2.23. The molecule has 0 amide bonds. The summed E-state index contributed by atoms with van der Waals surface area (Å²) in [5.74, 6) is 0.371. The number of non-ortho nitro benzene ring substituents is 1. The summed E-state index contributed by atoms with van der Waals surface area (Å²) in [5, 5.41) is 10.5. The lowest BCUT2D eigenvalue weighted by Gasteiger charge is -2.19. The van der Waals surface area contributed by atoms with Crippen LogP contribution in [-0.2, 0) is 9.53 Å². The van der Waals surface area contributed by atoms with Crippen LogP contribution in [0.15, 0.2) is 24.3 Å². The van der Waals surface area contributed by atoms with Crippen LogP contribution in [0.4, 0.5) is 5.69 Å². The van der Waals surface area contributed by atoms with Crippen LogP contribution >= 0.6 is 0 Å². The smallest absolute Gasteiger partial charge is 0.306 e. The molecule has 0 saturated heterocycles. The summed E-state index contributed by atoms with van der Waals surface area (Å²) in [6.07, 6.45) is 1.76. The summed E-state index contributed by atoms with van der Waals surface area (Å²) in [7, 11) is 0. The Morgan fingerprint density at radius 2 is 1.81 bits per heavy atom. The molecule has 0 fully saturated rings. The summed E-state index contributed by atoms with van der Waals surface area (Å²) >= 11 is 0. The van der Waals surface area contributed by atoms with Crippen LogP contribution in [-0.4, -0.2) is 23.1 Å². The minimum atomic E-state index is -0.454. The van der Waals surface area contributed by atoms with Crippen LogP contribution in [0.1, 0.15) is 40.0 Å². The molecular formula is C15H21NO5. The SMILES string of the molecule is CC(C)(C)OC(=O)CCCCOc1ccc([N+](=O)[O-])cc1. The van der Waals surface area contributed by atoms with Crippen LogP contribution < -0.4 is 4.74 Å². The van der Waals surface area contributed by atoms with E-state index in [-0.39, 0.29) is 11.7 Å². The number of nitro groups is 1. The van der Waals surface area contributed by atoms with Gasteiger partial charge in [0, 0.05) is 18.6 Å². The fourth-order valence-corrected chi connectivity index (χ4v) is 1.62. The molecule has 0 bridgehead atoms. The highest BCUT2D eigenvalue weighted by atomic mass is 16.6. The zero-order chi connectivity index (χ0) is 15.9. The molecule has 1 aromatic rings. The van der Waals surface area contributed by atoms with Gasteiger partial charge in [0.1, 0.15) is 11.4 Å². The molecule has 0 aromatic heterocycles. The maximum atomic E-state index is 11.5. The van der Waals surface area contributed by atoms with Crippen LogP contribution in [0.3, 0.4) is 0 Å². The standard InChI is InChI=1S/C15H21NO5/c1-15(2,3)21-14(17)6-4-5-11-20-13-9-7-12(8-10-13)16(18)19/h7-10H,4-6,11H2,1-3H3. The number of carbonyl (C=O) groups excluding carboxylic acids is 1. The Balaban J connectivity index is 2.19. The molecule has 21 heavy (non-hydrogen) atoms. The Morgan fingerprint density at radius 1 is 1.19 bits per heavy atom. The van der Waals surface area contributed by atoms with Crippen molar-refractivity contribution in [2.24, 2.45) is 0 Å². The summed E-state index contributed by atoms with van der Waals surface area (Å²) in [6, 6.07) is 5.92. The Kier molecular flexibility index (Phi) is 6.14. The highest BCUT2D eigenvalue weighted by Crippen LogP contribution is 2.17. The second-order valence-electron chi connectivity index (χ2n) is 5.64. The van der Waals surface area contributed by atoms with Gasteiger partial charge in [-0.2, -0.15) is 0 Å². The van der Waals surface area contributed by atoms with E-state index in [1.807, 2.05) is 20.8 Å². The van der Waals surface area contributed by atoms with Gasteiger partial charge in [-0.15, -0.1) is 0 Å². The number of unbranched alkanes of at least 4 members (excludes halogenated alkanes) is 1. The van der Waals surface area contributed by atoms with E-state index < -0.39 is 10.5 Å². The third-order valence-electron chi connectivity index (χ3n) is 2.51. The Bertz CT molecular complexity index is 476.